The predicted octanol–water partition coefficient (Wildman–Crippen LogP) is 3.88. The van der Waals surface area contributed by atoms with Gasteiger partial charge in [-0.25, -0.2) is 0 Å². The number of aromatic nitrogens is 1. The number of morpholine rings is 2. The van der Waals surface area contributed by atoms with Gasteiger partial charge in [0.25, 0.3) is 0 Å². The van der Waals surface area contributed by atoms with Crippen LogP contribution in [0.2, 0.25) is 0 Å². The van der Waals surface area contributed by atoms with Gasteiger partial charge in [0.05, 0.1) is 64.6 Å². The summed E-state index contributed by atoms with van der Waals surface area (Å²) >= 11 is 3.61. The topological polar surface area (TPSA) is 109 Å². The Kier molecular flexibility index (Phi) is 13.6. The van der Waals surface area contributed by atoms with Crippen molar-refractivity contribution in [1.29, 1.82) is 0 Å². The SMILES string of the molecule is C=Nc1ccc(Br)cc1/C(=N\[C@@H](CCC(=O)OC)P(N1CCOCC1)N1CCOCC1)c1ccccn1.CO. The molecule has 0 radical (unpaired) electrons. The number of carbonyl (C=O) groups is 1. The molecule has 0 unspecified atom stereocenters. The van der Waals surface area contributed by atoms with Crippen molar-refractivity contribution in [2.75, 3.05) is 66.8 Å². The summed E-state index contributed by atoms with van der Waals surface area (Å²) in [5.41, 5.74) is 3.03. The van der Waals surface area contributed by atoms with E-state index >= 15 is 0 Å². The fourth-order valence-electron chi connectivity index (χ4n) is 4.42. The van der Waals surface area contributed by atoms with Gasteiger partial charge >= 0.3 is 5.97 Å². The summed E-state index contributed by atoms with van der Waals surface area (Å²) in [6.07, 6.45) is 2.59. The van der Waals surface area contributed by atoms with Gasteiger partial charge in [-0.05, 0) is 43.5 Å². The first-order valence-electron chi connectivity index (χ1n) is 12.8. The monoisotopic (exact) mass is 621 g/mol. The Bertz CT molecular complexity index is 1060. The molecule has 2 aromatic rings. The molecular formula is C27H37BrN5O5P. The van der Waals surface area contributed by atoms with E-state index in [1.54, 1.807) is 6.20 Å². The van der Waals surface area contributed by atoms with Crippen molar-refractivity contribution in [3.8, 4) is 0 Å². The summed E-state index contributed by atoms with van der Waals surface area (Å²) in [5, 5.41) is 7.00. The normalized spacial score (nSPS) is 17.7. The Hall–Kier alpha value is -2.11. The lowest BCUT2D eigenvalue weighted by molar-refractivity contribution is -0.140. The van der Waals surface area contributed by atoms with Crippen molar-refractivity contribution in [3.05, 3.63) is 58.3 Å². The highest BCUT2D eigenvalue weighted by atomic mass is 79.9. The molecular weight excluding hydrogens is 585 g/mol. The van der Waals surface area contributed by atoms with Crippen molar-refractivity contribution in [1.82, 2.24) is 14.3 Å². The highest BCUT2D eigenvalue weighted by Crippen LogP contribution is 2.52. The molecule has 10 nitrogen and oxygen atoms in total. The van der Waals surface area contributed by atoms with Crippen LogP contribution in [0.1, 0.15) is 24.1 Å². The third kappa shape index (κ3) is 8.94. The minimum atomic E-state index is -0.905. The summed E-state index contributed by atoms with van der Waals surface area (Å²) in [6.45, 7) is 9.80. The van der Waals surface area contributed by atoms with Crippen LogP contribution in [-0.4, -0.2) is 110 Å². The van der Waals surface area contributed by atoms with Gasteiger partial charge in [0.1, 0.15) is 0 Å². The van der Waals surface area contributed by atoms with E-state index in [2.05, 4.69) is 42.0 Å². The number of esters is 1. The molecule has 1 atom stereocenters. The lowest BCUT2D eigenvalue weighted by atomic mass is 10.0. The van der Waals surface area contributed by atoms with Gasteiger partial charge in [-0.1, -0.05) is 22.0 Å². The van der Waals surface area contributed by atoms with E-state index in [-0.39, 0.29) is 18.2 Å². The van der Waals surface area contributed by atoms with Crippen LogP contribution >= 0.6 is 24.2 Å². The number of aliphatic hydroxyl groups excluding tert-OH is 1. The molecule has 0 spiro atoms. The second-order valence-electron chi connectivity index (χ2n) is 8.56. The molecule has 1 aromatic heterocycles. The number of carbonyl (C=O) groups excluding carboxylic acids is 1. The van der Waals surface area contributed by atoms with Crippen molar-refractivity contribution in [2.24, 2.45) is 9.98 Å². The van der Waals surface area contributed by atoms with Crippen LogP contribution in [0.15, 0.2) is 57.1 Å². The van der Waals surface area contributed by atoms with Crippen LogP contribution in [0, 0.1) is 0 Å². The van der Waals surface area contributed by atoms with Crippen molar-refractivity contribution >= 4 is 48.2 Å². The van der Waals surface area contributed by atoms with Crippen LogP contribution in [0.25, 0.3) is 0 Å². The first-order valence-corrected chi connectivity index (χ1v) is 14.9. The molecule has 4 rings (SSSR count). The molecule has 3 heterocycles. The third-order valence-corrected chi connectivity index (χ3v) is 9.58. The largest absolute Gasteiger partial charge is 0.469 e. The molecule has 212 valence electrons. The van der Waals surface area contributed by atoms with Gasteiger partial charge in [-0.2, -0.15) is 0 Å². The number of halogens is 1. The maximum atomic E-state index is 12.3. The molecule has 0 saturated carbocycles. The van der Waals surface area contributed by atoms with Crippen molar-refractivity contribution < 1.29 is 24.1 Å². The van der Waals surface area contributed by atoms with Crippen LogP contribution < -0.4 is 0 Å². The average Bonchev–Trinajstić information content (AvgIpc) is 3.00. The quantitative estimate of drug-likeness (QED) is 0.242. The zero-order valence-electron chi connectivity index (χ0n) is 22.5. The van der Waals surface area contributed by atoms with Crippen molar-refractivity contribution in [3.63, 3.8) is 0 Å². The Morgan fingerprint density at radius 2 is 1.77 bits per heavy atom. The van der Waals surface area contributed by atoms with Gasteiger partial charge in [0.15, 0.2) is 0 Å². The molecule has 2 aliphatic heterocycles. The summed E-state index contributed by atoms with van der Waals surface area (Å²) in [5.74, 6) is -0.423. The number of hydrogen-bond acceptors (Lipinski definition) is 10. The highest BCUT2D eigenvalue weighted by molar-refractivity contribution is 9.10. The third-order valence-electron chi connectivity index (χ3n) is 6.23. The summed E-state index contributed by atoms with van der Waals surface area (Å²) < 4.78 is 22.2. The van der Waals surface area contributed by atoms with Gasteiger partial charge in [0.2, 0.25) is 0 Å². The second kappa shape index (κ2) is 16.9. The van der Waals surface area contributed by atoms with E-state index < -0.39 is 8.22 Å². The van der Waals surface area contributed by atoms with Crippen LogP contribution in [-0.2, 0) is 19.0 Å². The van der Waals surface area contributed by atoms with Gasteiger partial charge in [-0.3, -0.25) is 29.1 Å². The number of methoxy groups -OCH3 is 1. The van der Waals surface area contributed by atoms with Crippen molar-refractivity contribution in [2.45, 2.75) is 18.6 Å². The fraction of sp³-hybridized carbons (Fsp3) is 0.481. The van der Waals surface area contributed by atoms with Crippen LogP contribution in [0.3, 0.4) is 0 Å². The predicted molar refractivity (Wildman–Crippen MR) is 158 cm³/mol. The minimum Gasteiger partial charge on any atom is -0.469 e. The Morgan fingerprint density at radius 3 is 2.31 bits per heavy atom. The smallest absolute Gasteiger partial charge is 0.305 e. The molecule has 2 fully saturated rings. The number of hydrogen-bond donors (Lipinski definition) is 1. The zero-order valence-corrected chi connectivity index (χ0v) is 25.0. The number of rotatable bonds is 10. The average molecular weight is 623 g/mol. The highest BCUT2D eigenvalue weighted by Gasteiger charge is 2.36. The van der Waals surface area contributed by atoms with E-state index in [0.29, 0.717) is 32.8 Å². The number of aliphatic hydroxyl groups is 1. The fourth-order valence-corrected chi connectivity index (χ4v) is 7.61. The first-order chi connectivity index (χ1) is 19.1. The molecule has 12 heteroatoms. The van der Waals surface area contributed by atoms with E-state index in [1.165, 1.54) is 7.11 Å². The number of pyridine rings is 1. The maximum Gasteiger partial charge on any atom is 0.305 e. The standard InChI is InChI=1S/C26H33BrN5O4P.CH4O/c1-28-22-7-6-20(27)19-21(22)26(23-5-3-4-10-29-23)30-24(8-9-25(33)34-2)37(31-11-15-35-16-12-31)32-13-17-36-18-14-32;1-2/h3-7,10,19,24H,1,8-9,11-18H2,2H3;2H,1H3/b30-26+;/t24-;/m1./s1. The number of ether oxygens (including phenoxy) is 3. The molecule has 0 amide bonds. The number of nitrogens with zero attached hydrogens (tertiary/aromatic N) is 5. The van der Waals surface area contributed by atoms with E-state index in [9.17, 15) is 4.79 Å². The minimum absolute atomic E-state index is 0.182. The Morgan fingerprint density at radius 1 is 1.13 bits per heavy atom. The molecule has 2 aliphatic rings. The molecule has 39 heavy (non-hydrogen) atoms. The second-order valence-corrected chi connectivity index (χ2v) is 11.8. The lowest BCUT2D eigenvalue weighted by Crippen LogP contribution is -2.43. The molecule has 1 N–H and O–H groups in total. The molecule has 1 aromatic carbocycles. The van der Waals surface area contributed by atoms with E-state index in [0.717, 1.165) is 60.4 Å². The number of benzene rings is 1. The van der Waals surface area contributed by atoms with Gasteiger partial charge in [-0.15, -0.1) is 0 Å². The lowest BCUT2D eigenvalue weighted by Gasteiger charge is -2.45. The molecule has 2 saturated heterocycles. The summed E-state index contributed by atoms with van der Waals surface area (Å²) in [7, 11) is 1.52. The number of aliphatic imine (C=N–C) groups is 2. The molecule has 0 bridgehead atoms. The Labute approximate surface area is 240 Å². The maximum absolute atomic E-state index is 12.3. The van der Waals surface area contributed by atoms with Gasteiger partial charge in [0, 0.05) is 55.9 Å². The van der Waals surface area contributed by atoms with Crippen LogP contribution in [0.5, 0.6) is 0 Å². The summed E-state index contributed by atoms with van der Waals surface area (Å²) in [6, 6.07) is 11.6. The Balaban J connectivity index is 0.00000205. The van der Waals surface area contributed by atoms with E-state index in [4.69, 9.17) is 24.3 Å². The molecule has 0 aliphatic carbocycles. The summed E-state index contributed by atoms with van der Waals surface area (Å²) in [4.78, 5) is 26.6. The van der Waals surface area contributed by atoms with E-state index in [1.807, 2.05) is 36.4 Å². The van der Waals surface area contributed by atoms with Gasteiger partial charge < -0.3 is 19.3 Å². The first kappa shape index (κ1) is 31.4. The van der Waals surface area contributed by atoms with Crippen LogP contribution in [0.4, 0.5) is 5.69 Å². The zero-order chi connectivity index (χ0) is 28.0.